The molecule has 1 amide bonds. The van der Waals surface area contributed by atoms with Crippen molar-refractivity contribution in [3.05, 3.63) is 42.0 Å². The molecule has 3 aromatic rings. The number of quaternary nitrogens is 1. The van der Waals surface area contributed by atoms with Crippen LogP contribution in [-0.4, -0.2) is 52.0 Å². The predicted molar refractivity (Wildman–Crippen MR) is 108 cm³/mol. The van der Waals surface area contributed by atoms with Crippen LogP contribution in [0, 0.1) is 0 Å². The number of methoxy groups -OCH3 is 1. The maximum Gasteiger partial charge on any atom is 0.264 e. The van der Waals surface area contributed by atoms with Crippen LogP contribution < -0.4 is 24.0 Å². The number of nitrogens with zero attached hydrogens (tertiary/aromatic N) is 2. The molecule has 0 aliphatic carbocycles. The molecule has 0 saturated heterocycles. The van der Waals surface area contributed by atoms with E-state index < -0.39 is 0 Å². The summed E-state index contributed by atoms with van der Waals surface area (Å²) in [5, 5.41) is 0.649. The van der Waals surface area contributed by atoms with E-state index in [1.54, 1.807) is 24.1 Å². The number of benzene rings is 2. The van der Waals surface area contributed by atoms with Crippen LogP contribution in [0.15, 0.2) is 36.4 Å². The zero-order valence-corrected chi connectivity index (χ0v) is 16.8. The van der Waals surface area contributed by atoms with Gasteiger partial charge in [0.25, 0.3) is 5.91 Å². The standard InChI is InChI=1S/C20H21N3O4S/c1-22(2)8-9-23(19(24)13-6-4-5-7-15(13)25-3)20-21-14-10-16-17(27-12-26-16)11-18(14)28-20/h4-7,10-11H,8-9,12H2,1-3H3/p+1. The summed E-state index contributed by atoms with van der Waals surface area (Å²) < 4.78 is 17.2. The van der Waals surface area contributed by atoms with E-state index in [0.29, 0.717) is 34.5 Å². The van der Waals surface area contributed by atoms with E-state index in [2.05, 4.69) is 14.1 Å². The molecule has 2 heterocycles. The van der Waals surface area contributed by atoms with Crippen molar-refractivity contribution in [2.45, 2.75) is 0 Å². The van der Waals surface area contributed by atoms with Crippen molar-refractivity contribution in [3.63, 3.8) is 0 Å². The molecule has 1 aromatic heterocycles. The van der Waals surface area contributed by atoms with Gasteiger partial charge < -0.3 is 19.1 Å². The lowest BCUT2D eigenvalue weighted by Crippen LogP contribution is -3.06. The minimum atomic E-state index is -0.127. The predicted octanol–water partition coefficient (Wildman–Crippen LogP) is 1.82. The topological polar surface area (TPSA) is 65.3 Å². The fourth-order valence-electron chi connectivity index (χ4n) is 3.01. The smallest absolute Gasteiger partial charge is 0.264 e. The minimum absolute atomic E-state index is 0.127. The Bertz CT molecular complexity index is 977. The van der Waals surface area contributed by atoms with Crippen molar-refractivity contribution < 1.29 is 23.9 Å². The molecule has 0 atom stereocenters. The van der Waals surface area contributed by atoms with Gasteiger partial charge in [-0.2, -0.15) is 0 Å². The number of anilines is 1. The van der Waals surface area contributed by atoms with E-state index in [4.69, 9.17) is 19.2 Å². The second-order valence-corrected chi connectivity index (χ2v) is 7.79. The summed E-state index contributed by atoms with van der Waals surface area (Å²) in [5.74, 6) is 1.82. The molecule has 1 aliphatic heterocycles. The molecule has 28 heavy (non-hydrogen) atoms. The molecular formula is C20H22N3O4S+. The van der Waals surface area contributed by atoms with Gasteiger partial charge in [-0.05, 0) is 12.1 Å². The third-order valence-electron chi connectivity index (χ3n) is 4.52. The number of hydrogen-bond donors (Lipinski definition) is 1. The highest BCUT2D eigenvalue weighted by molar-refractivity contribution is 7.22. The summed E-state index contributed by atoms with van der Waals surface area (Å²) in [5.41, 5.74) is 1.31. The maximum atomic E-state index is 13.4. The van der Waals surface area contributed by atoms with E-state index >= 15 is 0 Å². The fraction of sp³-hybridized carbons (Fsp3) is 0.300. The van der Waals surface area contributed by atoms with Gasteiger partial charge >= 0.3 is 0 Å². The van der Waals surface area contributed by atoms with Gasteiger partial charge in [-0.15, -0.1) is 0 Å². The number of aromatic nitrogens is 1. The van der Waals surface area contributed by atoms with E-state index in [-0.39, 0.29) is 12.7 Å². The molecule has 1 aliphatic rings. The number of likely N-dealkylation sites (N-methyl/N-ethyl adjacent to an activating group) is 1. The molecular weight excluding hydrogens is 378 g/mol. The average Bonchev–Trinajstić information content (AvgIpc) is 3.31. The molecule has 8 heteroatoms. The maximum absolute atomic E-state index is 13.4. The highest BCUT2D eigenvalue weighted by Crippen LogP contribution is 2.40. The van der Waals surface area contributed by atoms with Crippen LogP contribution in [-0.2, 0) is 0 Å². The lowest BCUT2D eigenvalue weighted by atomic mass is 10.1. The van der Waals surface area contributed by atoms with Gasteiger partial charge in [0, 0.05) is 12.1 Å². The molecule has 0 fully saturated rings. The zero-order chi connectivity index (χ0) is 19.7. The van der Waals surface area contributed by atoms with E-state index in [9.17, 15) is 4.79 Å². The first kappa shape index (κ1) is 18.5. The van der Waals surface area contributed by atoms with Crippen LogP contribution >= 0.6 is 11.3 Å². The third-order valence-corrected chi connectivity index (χ3v) is 5.56. The van der Waals surface area contributed by atoms with Gasteiger partial charge in [0.1, 0.15) is 5.75 Å². The van der Waals surface area contributed by atoms with Crippen LogP contribution in [0.2, 0.25) is 0 Å². The zero-order valence-electron chi connectivity index (χ0n) is 16.0. The van der Waals surface area contributed by atoms with Gasteiger partial charge in [-0.25, -0.2) is 4.98 Å². The third kappa shape index (κ3) is 3.48. The summed E-state index contributed by atoms with van der Waals surface area (Å²) in [6.07, 6.45) is 0. The molecule has 146 valence electrons. The second-order valence-electron chi connectivity index (χ2n) is 6.78. The number of fused-ring (bicyclic) bond motifs is 2. The molecule has 7 nitrogen and oxygen atoms in total. The Morgan fingerprint density at radius 1 is 1.25 bits per heavy atom. The quantitative estimate of drug-likeness (QED) is 0.684. The number of hydrogen-bond acceptors (Lipinski definition) is 6. The lowest BCUT2D eigenvalue weighted by Gasteiger charge is -2.21. The number of thiazole rings is 1. The summed E-state index contributed by atoms with van der Waals surface area (Å²) in [6.45, 7) is 1.56. The molecule has 4 rings (SSSR count). The number of para-hydroxylation sites is 1. The van der Waals surface area contributed by atoms with Gasteiger partial charge in [-0.3, -0.25) is 9.69 Å². The van der Waals surface area contributed by atoms with E-state index in [1.165, 1.54) is 16.2 Å². The minimum Gasteiger partial charge on any atom is -0.496 e. The summed E-state index contributed by atoms with van der Waals surface area (Å²) in [4.78, 5) is 21.1. The van der Waals surface area contributed by atoms with Crippen LogP contribution in [0.3, 0.4) is 0 Å². The highest BCUT2D eigenvalue weighted by atomic mass is 32.1. The van der Waals surface area contributed by atoms with Crippen LogP contribution in [0.4, 0.5) is 5.13 Å². The number of amides is 1. The average molecular weight is 400 g/mol. The largest absolute Gasteiger partial charge is 0.496 e. The highest BCUT2D eigenvalue weighted by Gasteiger charge is 2.25. The Labute approximate surface area is 167 Å². The molecule has 0 spiro atoms. The normalized spacial score (nSPS) is 12.6. The van der Waals surface area contributed by atoms with Crippen LogP contribution in [0.5, 0.6) is 17.2 Å². The van der Waals surface area contributed by atoms with Crippen molar-refractivity contribution in [2.75, 3.05) is 46.0 Å². The molecule has 0 radical (unpaired) electrons. The molecule has 2 aromatic carbocycles. The van der Waals surface area contributed by atoms with Gasteiger partial charge in [0.2, 0.25) is 6.79 Å². The van der Waals surface area contributed by atoms with Crippen molar-refractivity contribution in [1.29, 1.82) is 0 Å². The number of ether oxygens (including phenoxy) is 3. The van der Waals surface area contributed by atoms with Crippen molar-refractivity contribution in [1.82, 2.24) is 4.98 Å². The van der Waals surface area contributed by atoms with Crippen LogP contribution in [0.25, 0.3) is 10.2 Å². The van der Waals surface area contributed by atoms with Crippen molar-refractivity contribution in [2.24, 2.45) is 0 Å². The molecule has 0 unspecified atom stereocenters. The van der Waals surface area contributed by atoms with E-state index in [0.717, 1.165) is 16.8 Å². The Morgan fingerprint density at radius 2 is 2.00 bits per heavy atom. The number of nitrogens with one attached hydrogen (secondary N) is 1. The Balaban J connectivity index is 1.73. The SMILES string of the molecule is COc1ccccc1C(=O)N(CC[NH+](C)C)c1nc2cc3c(cc2s1)OCO3. The number of carbonyl (C=O) groups is 1. The molecule has 0 saturated carbocycles. The van der Waals surface area contributed by atoms with Gasteiger partial charge in [0.15, 0.2) is 16.6 Å². The summed E-state index contributed by atoms with van der Waals surface area (Å²) in [6, 6.07) is 11.0. The fourth-order valence-corrected chi connectivity index (χ4v) is 4.01. The Morgan fingerprint density at radius 3 is 2.75 bits per heavy atom. The first-order valence-corrected chi connectivity index (χ1v) is 9.82. The monoisotopic (exact) mass is 400 g/mol. The Hall–Kier alpha value is -2.84. The van der Waals surface area contributed by atoms with Crippen LogP contribution in [0.1, 0.15) is 10.4 Å². The van der Waals surface area contributed by atoms with E-state index in [1.807, 2.05) is 24.3 Å². The summed E-state index contributed by atoms with van der Waals surface area (Å²) >= 11 is 1.47. The molecule has 1 N–H and O–H groups in total. The second kappa shape index (κ2) is 7.65. The first-order chi connectivity index (χ1) is 13.6. The summed E-state index contributed by atoms with van der Waals surface area (Å²) in [7, 11) is 5.69. The van der Waals surface area contributed by atoms with Gasteiger partial charge in [-0.1, -0.05) is 23.5 Å². The Kier molecular flexibility index (Phi) is 5.06. The lowest BCUT2D eigenvalue weighted by molar-refractivity contribution is -0.856. The van der Waals surface area contributed by atoms with Gasteiger partial charge in [0.05, 0.1) is 50.1 Å². The number of carbonyl (C=O) groups excluding carboxylic acids is 1. The molecule has 0 bridgehead atoms. The van der Waals surface area contributed by atoms with Crippen molar-refractivity contribution in [3.8, 4) is 17.2 Å². The van der Waals surface area contributed by atoms with Crippen molar-refractivity contribution >= 4 is 32.6 Å². The first-order valence-electron chi connectivity index (χ1n) is 9.01. The number of rotatable bonds is 6.